The first-order valence-electron chi connectivity index (χ1n) is 10.9. The fourth-order valence-electron chi connectivity index (χ4n) is 4.44. The molecule has 1 N–H and O–H groups in total. The monoisotopic (exact) mass is 416 g/mol. The molecule has 1 heterocycles. The molecule has 2 aliphatic rings. The van der Waals surface area contributed by atoms with E-state index in [2.05, 4.69) is 5.32 Å². The highest BCUT2D eigenvalue weighted by molar-refractivity contribution is 5.90. The van der Waals surface area contributed by atoms with E-state index in [1.165, 1.54) is 18.4 Å². The van der Waals surface area contributed by atoms with Crippen molar-refractivity contribution in [2.24, 2.45) is 5.92 Å². The first-order valence-corrected chi connectivity index (χ1v) is 10.9. The van der Waals surface area contributed by atoms with Gasteiger partial charge in [-0.3, -0.25) is 9.69 Å². The maximum absolute atomic E-state index is 12.9. The van der Waals surface area contributed by atoms with Crippen LogP contribution in [0.2, 0.25) is 0 Å². The summed E-state index contributed by atoms with van der Waals surface area (Å²) in [7, 11) is 1.34. The Labute approximate surface area is 178 Å². The van der Waals surface area contributed by atoms with Crippen molar-refractivity contribution < 1.29 is 23.9 Å². The Morgan fingerprint density at radius 3 is 2.50 bits per heavy atom. The van der Waals surface area contributed by atoms with Crippen LogP contribution in [0.3, 0.4) is 0 Å². The highest BCUT2D eigenvalue weighted by Crippen LogP contribution is 2.28. The van der Waals surface area contributed by atoms with E-state index in [-0.39, 0.29) is 12.5 Å². The molecule has 1 aromatic rings. The number of nitrogens with one attached hydrogen (secondary N) is 1. The number of esters is 1. The molecular formula is C23H32N2O5. The van der Waals surface area contributed by atoms with Gasteiger partial charge < -0.3 is 14.8 Å². The molecule has 7 nitrogen and oxygen atoms in total. The quantitative estimate of drug-likeness (QED) is 0.689. The maximum Gasteiger partial charge on any atom is 0.410 e. The van der Waals surface area contributed by atoms with E-state index in [9.17, 15) is 14.4 Å². The van der Waals surface area contributed by atoms with Gasteiger partial charge in [0.25, 0.3) is 0 Å². The molecule has 1 aliphatic carbocycles. The number of carbonyl (C=O) groups is 3. The van der Waals surface area contributed by atoms with E-state index < -0.39 is 24.1 Å². The number of carbonyl (C=O) groups excluding carboxylic acids is 3. The SMILES string of the molecule is COC(=O)[C@H](CC1CCCCC1)NC(=O)[C@@H]1CCCN1C(=O)OCc1ccccc1. The van der Waals surface area contributed by atoms with Crippen molar-refractivity contribution in [3.63, 3.8) is 0 Å². The third kappa shape index (κ3) is 5.97. The number of nitrogens with zero attached hydrogens (tertiary/aromatic N) is 1. The predicted molar refractivity (Wildman–Crippen MR) is 111 cm³/mol. The molecule has 2 atom stereocenters. The molecule has 164 valence electrons. The summed E-state index contributed by atoms with van der Waals surface area (Å²) in [6.07, 6.45) is 7.07. The normalized spacial score (nSPS) is 20.4. The van der Waals surface area contributed by atoms with E-state index in [1.54, 1.807) is 0 Å². The summed E-state index contributed by atoms with van der Waals surface area (Å²) >= 11 is 0. The zero-order chi connectivity index (χ0) is 21.3. The third-order valence-corrected chi connectivity index (χ3v) is 6.09. The standard InChI is InChI=1S/C23H32N2O5/c1-29-22(27)19(15-17-9-4-2-5-10-17)24-21(26)20-13-8-14-25(20)23(28)30-16-18-11-6-3-7-12-18/h3,6-7,11-12,17,19-20H,2,4-5,8-10,13-16H2,1H3,(H,24,26)/t19-,20-/m0/s1. The number of benzene rings is 1. The van der Waals surface area contributed by atoms with Gasteiger partial charge in [-0.2, -0.15) is 0 Å². The van der Waals surface area contributed by atoms with Crippen molar-refractivity contribution in [1.29, 1.82) is 0 Å². The predicted octanol–water partition coefficient (Wildman–Crippen LogP) is 3.42. The summed E-state index contributed by atoms with van der Waals surface area (Å²) in [6, 6.07) is 8.14. The van der Waals surface area contributed by atoms with Crippen molar-refractivity contribution in [2.75, 3.05) is 13.7 Å². The van der Waals surface area contributed by atoms with Crippen LogP contribution < -0.4 is 5.32 Å². The Morgan fingerprint density at radius 1 is 1.07 bits per heavy atom. The average Bonchev–Trinajstić information content (AvgIpc) is 3.28. The summed E-state index contributed by atoms with van der Waals surface area (Å²) in [5, 5.41) is 2.85. The second kappa shape index (κ2) is 11.0. The van der Waals surface area contributed by atoms with Crippen LogP contribution in [0, 0.1) is 5.92 Å². The second-order valence-electron chi connectivity index (χ2n) is 8.22. The zero-order valence-electron chi connectivity index (χ0n) is 17.7. The lowest BCUT2D eigenvalue weighted by Crippen LogP contribution is -2.51. The van der Waals surface area contributed by atoms with Gasteiger partial charge in [0.1, 0.15) is 18.7 Å². The molecule has 2 fully saturated rings. The number of likely N-dealkylation sites (tertiary alicyclic amines) is 1. The van der Waals surface area contributed by atoms with Gasteiger partial charge in [0.05, 0.1) is 7.11 Å². The summed E-state index contributed by atoms with van der Waals surface area (Å²) in [5.41, 5.74) is 0.893. The third-order valence-electron chi connectivity index (χ3n) is 6.09. The van der Waals surface area contributed by atoms with Crippen LogP contribution in [-0.2, 0) is 25.7 Å². The van der Waals surface area contributed by atoms with Gasteiger partial charge in [0.2, 0.25) is 5.91 Å². The molecule has 0 aromatic heterocycles. The molecule has 0 radical (unpaired) electrons. The molecule has 1 saturated heterocycles. The van der Waals surface area contributed by atoms with Crippen LogP contribution in [0.15, 0.2) is 30.3 Å². The van der Waals surface area contributed by atoms with E-state index >= 15 is 0 Å². The molecule has 1 aliphatic heterocycles. The van der Waals surface area contributed by atoms with E-state index in [1.807, 2.05) is 30.3 Å². The van der Waals surface area contributed by atoms with Gasteiger partial charge in [0.15, 0.2) is 0 Å². The lowest BCUT2D eigenvalue weighted by atomic mass is 9.84. The highest BCUT2D eigenvalue weighted by Gasteiger charge is 2.37. The molecule has 7 heteroatoms. The number of methoxy groups -OCH3 is 1. The smallest absolute Gasteiger partial charge is 0.410 e. The minimum atomic E-state index is -0.673. The Kier molecular flexibility index (Phi) is 8.11. The van der Waals surface area contributed by atoms with E-state index in [0.29, 0.717) is 25.3 Å². The zero-order valence-corrected chi connectivity index (χ0v) is 17.7. The first-order chi connectivity index (χ1) is 14.6. The van der Waals surface area contributed by atoms with Gasteiger partial charge in [-0.25, -0.2) is 9.59 Å². The van der Waals surface area contributed by atoms with Crippen LogP contribution in [0.25, 0.3) is 0 Å². The summed E-state index contributed by atoms with van der Waals surface area (Å²) in [4.78, 5) is 39.2. The Balaban J connectivity index is 1.57. The Morgan fingerprint density at radius 2 is 1.80 bits per heavy atom. The van der Waals surface area contributed by atoms with Gasteiger partial charge in [-0.1, -0.05) is 62.4 Å². The summed E-state index contributed by atoms with van der Waals surface area (Å²) in [6.45, 7) is 0.633. The van der Waals surface area contributed by atoms with E-state index in [4.69, 9.17) is 9.47 Å². The minimum Gasteiger partial charge on any atom is -0.467 e. The number of hydrogen-bond acceptors (Lipinski definition) is 5. The molecule has 0 unspecified atom stereocenters. The van der Waals surface area contributed by atoms with Crippen LogP contribution in [0.4, 0.5) is 4.79 Å². The lowest BCUT2D eigenvalue weighted by Gasteiger charge is -2.28. The van der Waals surface area contributed by atoms with Crippen molar-refractivity contribution in [1.82, 2.24) is 10.2 Å². The second-order valence-corrected chi connectivity index (χ2v) is 8.22. The van der Waals surface area contributed by atoms with Gasteiger partial charge in [-0.15, -0.1) is 0 Å². The number of rotatable bonds is 7. The van der Waals surface area contributed by atoms with Gasteiger partial charge in [0, 0.05) is 6.54 Å². The van der Waals surface area contributed by atoms with Gasteiger partial charge >= 0.3 is 12.1 Å². The largest absolute Gasteiger partial charge is 0.467 e. The summed E-state index contributed by atoms with van der Waals surface area (Å²) < 4.78 is 10.3. The van der Waals surface area contributed by atoms with Crippen molar-refractivity contribution in [2.45, 2.75) is 70.1 Å². The molecule has 1 aromatic carbocycles. The van der Waals surface area contributed by atoms with Crippen LogP contribution >= 0.6 is 0 Å². The summed E-state index contributed by atoms with van der Waals surface area (Å²) in [5.74, 6) is -0.320. The fourth-order valence-corrected chi connectivity index (χ4v) is 4.44. The highest BCUT2D eigenvalue weighted by atomic mass is 16.6. The lowest BCUT2D eigenvalue weighted by molar-refractivity contribution is -0.146. The fraction of sp³-hybridized carbons (Fsp3) is 0.609. The van der Waals surface area contributed by atoms with Crippen LogP contribution in [-0.4, -0.2) is 48.6 Å². The van der Waals surface area contributed by atoms with E-state index in [0.717, 1.165) is 37.7 Å². The average molecular weight is 417 g/mol. The number of amides is 2. The van der Waals surface area contributed by atoms with Crippen molar-refractivity contribution >= 4 is 18.0 Å². The molecule has 1 saturated carbocycles. The van der Waals surface area contributed by atoms with Crippen LogP contribution in [0.1, 0.15) is 56.9 Å². The molecule has 0 spiro atoms. The minimum absolute atomic E-state index is 0.164. The van der Waals surface area contributed by atoms with Crippen LogP contribution in [0.5, 0.6) is 0 Å². The maximum atomic E-state index is 12.9. The number of hydrogen-bond donors (Lipinski definition) is 1. The first kappa shape index (κ1) is 22.1. The Hall–Kier alpha value is -2.57. The van der Waals surface area contributed by atoms with Crippen molar-refractivity contribution in [3.05, 3.63) is 35.9 Å². The number of ether oxygens (including phenoxy) is 2. The van der Waals surface area contributed by atoms with Gasteiger partial charge in [-0.05, 0) is 30.7 Å². The molecule has 0 bridgehead atoms. The Bertz CT molecular complexity index is 718. The molecular weight excluding hydrogens is 384 g/mol. The molecule has 2 amide bonds. The topological polar surface area (TPSA) is 84.9 Å². The van der Waals surface area contributed by atoms with Crippen molar-refractivity contribution in [3.8, 4) is 0 Å². The molecule has 3 rings (SSSR count). The molecule has 30 heavy (non-hydrogen) atoms.